The molecule has 0 rings (SSSR count). The Morgan fingerprint density at radius 1 is 0.650 bits per heavy atom. The molecule has 0 radical (unpaired) electrons. The maximum Gasteiger partial charge on any atom is 0.132 e. The Labute approximate surface area is 126 Å². The zero-order chi connectivity index (χ0) is 14.9. The molecule has 0 aliphatic carbocycles. The summed E-state index contributed by atoms with van der Waals surface area (Å²) in [6.45, 7) is 2.55. The third-order valence-corrected chi connectivity index (χ3v) is 3.92. The second-order valence-corrected chi connectivity index (χ2v) is 6.00. The molecule has 120 valence electrons. The van der Waals surface area contributed by atoms with E-state index < -0.39 is 0 Å². The number of aliphatic hydroxyl groups excluding tert-OH is 1. The second-order valence-electron chi connectivity index (χ2n) is 6.00. The van der Waals surface area contributed by atoms with Gasteiger partial charge in [0.15, 0.2) is 0 Å². The summed E-state index contributed by atoms with van der Waals surface area (Å²) in [6, 6.07) is 0. The summed E-state index contributed by atoms with van der Waals surface area (Å²) in [5.41, 5.74) is 0. The molecule has 0 heterocycles. The van der Waals surface area contributed by atoms with Crippen molar-refractivity contribution >= 4 is 5.78 Å². The largest absolute Gasteiger partial charge is 0.396 e. The number of ketones is 1. The van der Waals surface area contributed by atoms with Crippen LogP contribution in [0, 0.1) is 0 Å². The minimum Gasteiger partial charge on any atom is -0.396 e. The quantitative estimate of drug-likeness (QED) is 0.384. The van der Waals surface area contributed by atoms with Crippen LogP contribution >= 0.6 is 0 Å². The fourth-order valence-electron chi connectivity index (χ4n) is 2.55. The van der Waals surface area contributed by atoms with Gasteiger partial charge in [-0.1, -0.05) is 71.1 Å². The molecule has 0 saturated carbocycles. The first kappa shape index (κ1) is 19.6. The van der Waals surface area contributed by atoms with E-state index in [1.807, 2.05) is 0 Å². The first-order valence-corrected chi connectivity index (χ1v) is 8.93. The van der Waals surface area contributed by atoms with Crippen molar-refractivity contribution in [2.24, 2.45) is 0 Å². The van der Waals surface area contributed by atoms with E-state index >= 15 is 0 Å². The second kappa shape index (κ2) is 16.7. The number of carbonyl (C=O) groups is 1. The van der Waals surface area contributed by atoms with E-state index in [4.69, 9.17) is 5.11 Å². The van der Waals surface area contributed by atoms with Crippen LogP contribution in [0.5, 0.6) is 0 Å². The minimum absolute atomic E-state index is 0.334. The summed E-state index contributed by atoms with van der Waals surface area (Å²) >= 11 is 0. The summed E-state index contributed by atoms with van der Waals surface area (Å²) < 4.78 is 0. The lowest BCUT2D eigenvalue weighted by atomic mass is 10.0. The van der Waals surface area contributed by atoms with Crippen molar-refractivity contribution in [3.05, 3.63) is 0 Å². The lowest BCUT2D eigenvalue weighted by molar-refractivity contribution is -0.119. The third-order valence-electron chi connectivity index (χ3n) is 3.92. The maximum absolute atomic E-state index is 11.7. The van der Waals surface area contributed by atoms with Gasteiger partial charge in [0.2, 0.25) is 0 Å². The summed E-state index contributed by atoms with van der Waals surface area (Å²) in [5, 5.41) is 8.66. The van der Waals surface area contributed by atoms with E-state index in [2.05, 4.69) is 6.92 Å². The van der Waals surface area contributed by atoms with Gasteiger partial charge in [-0.2, -0.15) is 0 Å². The van der Waals surface area contributed by atoms with Crippen molar-refractivity contribution in [3.63, 3.8) is 0 Å². The molecule has 1 N–H and O–H groups in total. The highest BCUT2D eigenvalue weighted by Crippen LogP contribution is 2.11. The van der Waals surface area contributed by atoms with Crippen LogP contribution < -0.4 is 0 Å². The topological polar surface area (TPSA) is 37.3 Å². The molecule has 0 bridgehead atoms. The molecule has 0 saturated heterocycles. The van der Waals surface area contributed by atoms with Gasteiger partial charge in [-0.15, -0.1) is 0 Å². The smallest absolute Gasteiger partial charge is 0.132 e. The van der Waals surface area contributed by atoms with Crippen LogP contribution in [-0.4, -0.2) is 17.5 Å². The Bertz CT molecular complexity index is 202. The molecule has 2 heteroatoms. The fourth-order valence-corrected chi connectivity index (χ4v) is 2.55. The lowest BCUT2D eigenvalue weighted by Crippen LogP contribution is -1.97. The van der Waals surface area contributed by atoms with Gasteiger partial charge < -0.3 is 5.11 Å². The van der Waals surface area contributed by atoms with Crippen LogP contribution in [0.3, 0.4) is 0 Å². The van der Waals surface area contributed by atoms with Crippen molar-refractivity contribution < 1.29 is 9.90 Å². The van der Waals surface area contributed by atoms with Crippen molar-refractivity contribution in [2.45, 2.75) is 103 Å². The fraction of sp³-hybridized carbons (Fsp3) is 0.944. The molecular formula is C18H36O2. The third kappa shape index (κ3) is 15.7. The van der Waals surface area contributed by atoms with Gasteiger partial charge in [-0.25, -0.2) is 0 Å². The molecule has 0 fully saturated rings. The summed E-state index contributed by atoms with van der Waals surface area (Å²) in [4.78, 5) is 11.7. The van der Waals surface area contributed by atoms with Gasteiger partial charge in [-0.3, -0.25) is 4.79 Å². The van der Waals surface area contributed by atoms with E-state index in [-0.39, 0.29) is 0 Å². The van der Waals surface area contributed by atoms with E-state index in [1.165, 1.54) is 57.8 Å². The number of hydrogen-bond donors (Lipinski definition) is 1. The molecule has 0 aromatic heterocycles. The minimum atomic E-state index is 0.334. The summed E-state index contributed by atoms with van der Waals surface area (Å²) in [5.74, 6) is 0.476. The van der Waals surface area contributed by atoms with Gasteiger partial charge in [0.05, 0.1) is 0 Å². The number of hydrogen-bond acceptors (Lipinski definition) is 2. The molecule has 0 amide bonds. The molecule has 0 aliphatic heterocycles. The van der Waals surface area contributed by atoms with Gasteiger partial charge in [0.1, 0.15) is 5.78 Å². The predicted octanol–water partition coefficient (Wildman–Crippen LogP) is 5.42. The van der Waals surface area contributed by atoms with Crippen LogP contribution in [0.1, 0.15) is 103 Å². The normalized spacial score (nSPS) is 10.9. The van der Waals surface area contributed by atoms with Crippen LogP contribution in [0.4, 0.5) is 0 Å². The molecule has 0 atom stereocenters. The zero-order valence-electron chi connectivity index (χ0n) is 13.7. The lowest BCUT2D eigenvalue weighted by Gasteiger charge is -2.03. The zero-order valence-corrected chi connectivity index (χ0v) is 13.7. The Morgan fingerprint density at radius 3 is 1.50 bits per heavy atom. The molecule has 0 aliphatic rings. The number of carbonyl (C=O) groups excluding carboxylic acids is 1. The Morgan fingerprint density at radius 2 is 1.05 bits per heavy atom. The van der Waals surface area contributed by atoms with E-state index in [9.17, 15) is 4.79 Å². The van der Waals surface area contributed by atoms with Crippen molar-refractivity contribution in [3.8, 4) is 0 Å². The molecule has 20 heavy (non-hydrogen) atoms. The number of Topliss-reactive ketones (excluding diaryl/α,β-unsaturated/α-hetero) is 1. The SMILES string of the molecule is CCCCCCCC(=O)CCCCCCCCCCO. The molecular weight excluding hydrogens is 248 g/mol. The van der Waals surface area contributed by atoms with Crippen LogP contribution in [0.25, 0.3) is 0 Å². The molecule has 0 unspecified atom stereocenters. The highest BCUT2D eigenvalue weighted by atomic mass is 16.2. The standard InChI is InChI=1S/C18H36O2/c1-2-3-4-9-12-15-18(20)16-13-10-7-5-6-8-11-14-17-19/h19H,2-17H2,1H3. The Balaban J connectivity index is 3.11. The average molecular weight is 284 g/mol. The first-order chi connectivity index (χ1) is 9.81. The summed E-state index contributed by atoms with van der Waals surface area (Å²) in [7, 11) is 0. The van der Waals surface area contributed by atoms with E-state index in [0.29, 0.717) is 12.4 Å². The van der Waals surface area contributed by atoms with E-state index in [1.54, 1.807) is 0 Å². The number of aliphatic hydroxyl groups is 1. The van der Waals surface area contributed by atoms with Gasteiger partial charge in [0.25, 0.3) is 0 Å². The van der Waals surface area contributed by atoms with Crippen LogP contribution in [0.15, 0.2) is 0 Å². The van der Waals surface area contributed by atoms with Gasteiger partial charge in [-0.05, 0) is 19.3 Å². The first-order valence-electron chi connectivity index (χ1n) is 8.93. The van der Waals surface area contributed by atoms with Crippen LogP contribution in [0.2, 0.25) is 0 Å². The van der Waals surface area contributed by atoms with Crippen LogP contribution in [-0.2, 0) is 4.79 Å². The van der Waals surface area contributed by atoms with Crippen molar-refractivity contribution in [2.75, 3.05) is 6.61 Å². The molecule has 0 spiro atoms. The maximum atomic E-state index is 11.7. The average Bonchev–Trinajstić information content (AvgIpc) is 2.45. The van der Waals surface area contributed by atoms with Gasteiger partial charge >= 0.3 is 0 Å². The monoisotopic (exact) mass is 284 g/mol. The summed E-state index contributed by atoms with van der Waals surface area (Å²) in [6.07, 6.45) is 17.3. The van der Waals surface area contributed by atoms with Gasteiger partial charge in [0, 0.05) is 19.4 Å². The highest BCUT2D eigenvalue weighted by molar-refractivity contribution is 5.78. The highest BCUT2D eigenvalue weighted by Gasteiger charge is 2.01. The van der Waals surface area contributed by atoms with E-state index in [0.717, 1.165) is 38.5 Å². The molecule has 0 aromatic rings. The Kier molecular flexibility index (Phi) is 16.4. The van der Waals surface area contributed by atoms with Crippen molar-refractivity contribution in [1.29, 1.82) is 0 Å². The predicted molar refractivity (Wildman–Crippen MR) is 87.0 cm³/mol. The molecule has 2 nitrogen and oxygen atoms in total. The van der Waals surface area contributed by atoms with Crippen molar-refractivity contribution in [1.82, 2.24) is 0 Å². The Hall–Kier alpha value is -0.370. The number of unbranched alkanes of at least 4 members (excludes halogenated alkanes) is 11. The number of rotatable bonds is 16. The molecule has 0 aromatic carbocycles.